The number of methoxy groups -OCH3 is 1. The second-order valence-corrected chi connectivity index (χ2v) is 4.81. The van der Waals surface area contributed by atoms with Gasteiger partial charge in [-0.25, -0.2) is 0 Å². The van der Waals surface area contributed by atoms with Crippen LogP contribution in [0.15, 0.2) is 46.9 Å². The third-order valence-electron chi connectivity index (χ3n) is 3.01. The maximum atomic E-state index is 5.94. The van der Waals surface area contributed by atoms with Gasteiger partial charge in [-0.05, 0) is 42.5 Å². The Morgan fingerprint density at radius 3 is 2.48 bits per heavy atom. The molecule has 6 heteroatoms. The summed E-state index contributed by atoms with van der Waals surface area (Å²) in [6.07, 6.45) is 0. The smallest absolute Gasteiger partial charge is 0.250 e. The van der Waals surface area contributed by atoms with E-state index < -0.39 is 0 Å². The lowest BCUT2D eigenvalue weighted by molar-refractivity contribution is 0.415. The monoisotopic (exact) mass is 301 g/mol. The normalized spacial score (nSPS) is 10.6. The van der Waals surface area contributed by atoms with Crippen LogP contribution in [0, 0.1) is 0 Å². The van der Waals surface area contributed by atoms with Crippen LogP contribution in [-0.2, 0) is 0 Å². The van der Waals surface area contributed by atoms with E-state index in [0.29, 0.717) is 33.8 Å². The van der Waals surface area contributed by atoms with Crippen LogP contribution in [0.4, 0.5) is 5.69 Å². The van der Waals surface area contributed by atoms with Gasteiger partial charge in [0, 0.05) is 16.3 Å². The standard InChI is InChI=1S/C15H12ClN3O2/c1-20-11-6-7-13(17)12(8-11)15-19-18-14(21-15)9-2-4-10(16)5-3-9/h2-8H,17H2,1H3. The van der Waals surface area contributed by atoms with Gasteiger partial charge in [0.2, 0.25) is 11.8 Å². The van der Waals surface area contributed by atoms with Crippen LogP contribution in [0.3, 0.4) is 0 Å². The number of benzene rings is 2. The van der Waals surface area contributed by atoms with E-state index in [1.54, 1.807) is 37.4 Å². The van der Waals surface area contributed by atoms with Gasteiger partial charge in [-0.2, -0.15) is 0 Å². The van der Waals surface area contributed by atoms with Crippen molar-refractivity contribution in [3.8, 4) is 28.7 Å². The Labute approximate surface area is 126 Å². The van der Waals surface area contributed by atoms with Crippen LogP contribution in [-0.4, -0.2) is 17.3 Å². The van der Waals surface area contributed by atoms with Crippen LogP contribution in [0.25, 0.3) is 22.9 Å². The molecule has 0 bridgehead atoms. The van der Waals surface area contributed by atoms with Crippen molar-refractivity contribution in [1.29, 1.82) is 0 Å². The first-order valence-electron chi connectivity index (χ1n) is 6.20. The first-order chi connectivity index (χ1) is 10.2. The van der Waals surface area contributed by atoms with E-state index in [1.165, 1.54) is 0 Å². The summed E-state index contributed by atoms with van der Waals surface area (Å²) in [7, 11) is 1.59. The molecule has 2 aromatic carbocycles. The molecule has 1 heterocycles. The third-order valence-corrected chi connectivity index (χ3v) is 3.26. The van der Waals surface area contributed by atoms with Crippen LogP contribution >= 0.6 is 11.6 Å². The topological polar surface area (TPSA) is 74.2 Å². The van der Waals surface area contributed by atoms with Gasteiger partial charge in [-0.3, -0.25) is 0 Å². The molecule has 21 heavy (non-hydrogen) atoms. The van der Waals surface area contributed by atoms with Gasteiger partial charge in [0.05, 0.1) is 12.7 Å². The SMILES string of the molecule is COc1ccc(N)c(-c2nnc(-c3ccc(Cl)cc3)o2)c1. The van der Waals surface area contributed by atoms with Crippen LogP contribution < -0.4 is 10.5 Å². The fraction of sp³-hybridized carbons (Fsp3) is 0.0667. The molecule has 0 unspecified atom stereocenters. The number of rotatable bonds is 3. The summed E-state index contributed by atoms with van der Waals surface area (Å²) >= 11 is 5.86. The Kier molecular flexibility index (Phi) is 3.50. The van der Waals surface area contributed by atoms with Gasteiger partial charge in [0.25, 0.3) is 0 Å². The van der Waals surface area contributed by atoms with Crippen molar-refractivity contribution in [1.82, 2.24) is 10.2 Å². The van der Waals surface area contributed by atoms with E-state index in [4.69, 9.17) is 26.5 Å². The molecule has 0 radical (unpaired) electrons. The molecule has 1 aromatic heterocycles. The highest BCUT2D eigenvalue weighted by atomic mass is 35.5. The highest BCUT2D eigenvalue weighted by Crippen LogP contribution is 2.31. The van der Waals surface area contributed by atoms with Gasteiger partial charge in [-0.15, -0.1) is 10.2 Å². The zero-order valence-electron chi connectivity index (χ0n) is 11.2. The van der Waals surface area contributed by atoms with E-state index in [0.717, 1.165) is 5.56 Å². The van der Waals surface area contributed by atoms with E-state index in [9.17, 15) is 0 Å². The van der Waals surface area contributed by atoms with Gasteiger partial charge < -0.3 is 14.9 Å². The average molecular weight is 302 g/mol. The molecule has 0 atom stereocenters. The largest absolute Gasteiger partial charge is 0.497 e. The number of ether oxygens (including phenoxy) is 1. The number of nitrogens with zero attached hydrogens (tertiary/aromatic N) is 2. The fourth-order valence-electron chi connectivity index (χ4n) is 1.89. The van der Waals surface area contributed by atoms with E-state index in [-0.39, 0.29) is 0 Å². The molecule has 0 spiro atoms. The van der Waals surface area contributed by atoms with Crippen molar-refractivity contribution in [3.05, 3.63) is 47.5 Å². The molecule has 3 rings (SSSR count). The Balaban J connectivity index is 2.00. The summed E-state index contributed by atoms with van der Waals surface area (Å²) in [6.45, 7) is 0. The zero-order valence-corrected chi connectivity index (χ0v) is 12.0. The molecular formula is C15H12ClN3O2. The molecule has 106 valence electrons. The maximum Gasteiger partial charge on any atom is 0.250 e. The van der Waals surface area contributed by atoms with Crippen molar-refractivity contribution >= 4 is 17.3 Å². The lowest BCUT2D eigenvalue weighted by Gasteiger charge is -2.04. The summed E-state index contributed by atoms with van der Waals surface area (Å²) < 4.78 is 10.9. The lowest BCUT2D eigenvalue weighted by atomic mass is 10.1. The summed E-state index contributed by atoms with van der Waals surface area (Å²) in [4.78, 5) is 0. The molecule has 2 N–H and O–H groups in total. The Bertz CT molecular complexity index is 769. The predicted molar refractivity (Wildman–Crippen MR) is 81.1 cm³/mol. The molecule has 5 nitrogen and oxygen atoms in total. The number of anilines is 1. The van der Waals surface area contributed by atoms with Crippen LogP contribution in [0.5, 0.6) is 5.75 Å². The second kappa shape index (κ2) is 5.46. The first-order valence-corrected chi connectivity index (χ1v) is 6.58. The van der Waals surface area contributed by atoms with Gasteiger partial charge in [0.1, 0.15) is 5.75 Å². The Hall–Kier alpha value is -2.53. The Morgan fingerprint density at radius 2 is 1.76 bits per heavy atom. The molecule has 0 aliphatic heterocycles. The molecule has 3 aromatic rings. The molecular weight excluding hydrogens is 290 g/mol. The lowest BCUT2D eigenvalue weighted by Crippen LogP contribution is -1.92. The van der Waals surface area contributed by atoms with Crippen LogP contribution in [0.1, 0.15) is 0 Å². The minimum Gasteiger partial charge on any atom is -0.497 e. The van der Waals surface area contributed by atoms with Gasteiger partial charge >= 0.3 is 0 Å². The van der Waals surface area contributed by atoms with Crippen molar-refractivity contribution in [2.75, 3.05) is 12.8 Å². The van der Waals surface area contributed by atoms with Crippen molar-refractivity contribution in [3.63, 3.8) is 0 Å². The average Bonchev–Trinajstić information content (AvgIpc) is 2.98. The van der Waals surface area contributed by atoms with Crippen molar-refractivity contribution in [2.45, 2.75) is 0 Å². The molecule has 0 aliphatic carbocycles. The van der Waals surface area contributed by atoms with E-state index in [1.807, 2.05) is 12.1 Å². The second-order valence-electron chi connectivity index (χ2n) is 4.37. The molecule has 0 aliphatic rings. The number of hydrogen-bond donors (Lipinski definition) is 1. The maximum absolute atomic E-state index is 5.94. The molecule has 0 saturated heterocycles. The predicted octanol–water partition coefficient (Wildman–Crippen LogP) is 3.65. The van der Waals surface area contributed by atoms with E-state index in [2.05, 4.69) is 10.2 Å². The zero-order chi connectivity index (χ0) is 14.8. The molecule has 0 saturated carbocycles. The minimum atomic E-state index is 0.344. The minimum absolute atomic E-state index is 0.344. The van der Waals surface area contributed by atoms with Gasteiger partial charge in [-0.1, -0.05) is 11.6 Å². The number of hydrogen-bond acceptors (Lipinski definition) is 5. The first kappa shape index (κ1) is 13.5. The number of aromatic nitrogens is 2. The molecule has 0 amide bonds. The fourth-order valence-corrected chi connectivity index (χ4v) is 2.01. The Morgan fingerprint density at radius 1 is 1.05 bits per heavy atom. The molecule has 0 fully saturated rings. The summed E-state index contributed by atoms with van der Waals surface area (Å²) in [5, 5.41) is 8.72. The summed E-state index contributed by atoms with van der Waals surface area (Å²) in [5.41, 5.74) is 7.92. The number of halogens is 1. The van der Waals surface area contributed by atoms with Crippen molar-refractivity contribution < 1.29 is 9.15 Å². The summed E-state index contributed by atoms with van der Waals surface area (Å²) in [5.74, 6) is 1.42. The summed E-state index contributed by atoms with van der Waals surface area (Å²) in [6, 6.07) is 12.4. The van der Waals surface area contributed by atoms with Crippen molar-refractivity contribution in [2.24, 2.45) is 0 Å². The highest BCUT2D eigenvalue weighted by molar-refractivity contribution is 6.30. The van der Waals surface area contributed by atoms with Crippen LogP contribution in [0.2, 0.25) is 5.02 Å². The third kappa shape index (κ3) is 2.68. The number of nitrogen functional groups attached to an aromatic ring is 1. The van der Waals surface area contributed by atoms with Gasteiger partial charge in [0.15, 0.2) is 0 Å². The number of nitrogens with two attached hydrogens (primary N) is 1. The highest BCUT2D eigenvalue weighted by Gasteiger charge is 2.13. The quantitative estimate of drug-likeness (QED) is 0.747. The van der Waals surface area contributed by atoms with E-state index >= 15 is 0 Å².